The first-order valence-corrected chi connectivity index (χ1v) is 9.28. The number of nitrogens with zero attached hydrogens (tertiary/aromatic N) is 2. The van der Waals surface area contributed by atoms with Crippen molar-refractivity contribution in [2.75, 3.05) is 19.6 Å². The van der Waals surface area contributed by atoms with Gasteiger partial charge < -0.3 is 9.64 Å². The fourth-order valence-corrected chi connectivity index (χ4v) is 3.83. The molecule has 2 heterocycles. The molecule has 136 valence electrons. The zero-order valence-electron chi connectivity index (χ0n) is 15.2. The van der Waals surface area contributed by atoms with Crippen LogP contribution in [0, 0.1) is 5.92 Å². The summed E-state index contributed by atoms with van der Waals surface area (Å²) in [6.07, 6.45) is 3.24. The van der Waals surface area contributed by atoms with E-state index in [-0.39, 0.29) is 18.6 Å². The molecule has 25 heavy (non-hydrogen) atoms. The summed E-state index contributed by atoms with van der Waals surface area (Å²) in [5, 5.41) is 0. The largest absolute Gasteiger partial charge is 0.445 e. The minimum Gasteiger partial charge on any atom is -0.445 e. The number of carbonyl (C=O) groups excluding carboxylic acids is 2. The number of ether oxygens (including phenoxy) is 1. The first-order chi connectivity index (χ1) is 12.0. The van der Waals surface area contributed by atoms with Crippen LogP contribution in [0.2, 0.25) is 0 Å². The molecule has 2 fully saturated rings. The Balaban J connectivity index is 1.64. The maximum absolute atomic E-state index is 13.1. The van der Waals surface area contributed by atoms with Gasteiger partial charge in [-0.2, -0.15) is 0 Å². The average Bonchev–Trinajstić information content (AvgIpc) is 3.03. The molecule has 2 amide bonds. The van der Waals surface area contributed by atoms with E-state index in [1.54, 1.807) is 4.90 Å². The maximum atomic E-state index is 13.1. The summed E-state index contributed by atoms with van der Waals surface area (Å²) in [7, 11) is 0. The molecule has 0 radical (unpaired) electrons. The van der Waals surface area contributed by atoms with E-state index in [0.29, 0.717) is 18.9 Å². The molecule has 0 bridgehead atoms. The van der Waals surface area contributed by atoms with Crippen LogP contribution in [-0.4, -0.2) is 47.0 Å². The highest BCUT2D eigenvalue weighted by Gasteiger charge is 2.48. The zero-order valence-corrected chi connectivity index (χ0v) is 15.2. The summed E-state index contributed by atoms with van der Waals surface area (Å²) >= 11 is 0. The number of piperidine rings is 1. The second kappa shape index (κ2) is 7.46. The van der Waals surface area contributed by atoms with Crippen molar-refractivity contribution in [3.8, 4) is 0 Å². The molecule has 1 unspecified atom stereocenters. The Hall–Kier alpha value is -2.04. The van der Waals surface area contributed by atoms with Gasteiger partial charge in [0.1, 0.15) is 12.1 Å². The SMILES string of the molecule is CC1CCN(C(=O)C2(C)CCCN2C(=O)OCc2ccccc2)CC1. The summed E-state index contributed by atoms with van der Waals surface area (Å²) in [4.78, 5) is 29.3. The molecule has 1 aromatic carbocycles. The zero-order chi connectivity index (χ0) is 17.9. The molecule has 2 aliphatic heterocycles. The van der Waals surface area contributed by atoms with Crippen molar-refractivity contribution in [2.24, 2.45) is 5.92 Å². The van der Waals surface area contributed by atoms with Crippen LogP contribution in [0.25, 0.3) is 0 Å². The topological polar surface area (TPSA) is 49.9 Å². The van der Waals surface area contributed by atoms with Crippen LogP contribution in [0.4, 0.5) is 4.79 Å². The molecule has 2 aliphatic rings. The fraction of sp³-hybridized carbons (Fsp3) is 0.600. The van der Waals surface area contributed by atoms with Crippen LogP contribution < -0.4 is 0 Å². The second-order valence-corrected chi connectivity index (χ2v) is 7.54. The third-order valence-electron chi connectivity index (χ3n) is 5.60. The second-order valence-electron chi connectivity index (χ2n) is 7.54. The molecule has 5 nitrogen and oxygen atoms in total. The molecule has 0 spiro atoms. The Morgan fingerprint density at radius 3 is 2.52 bits per heavy atom. The number of hydrogen-bond donors (Lipinski definition) is 0. The molecular formula is C20H28N2O3. The van der Waals surface area contributed by atoms with E-state index in [0.717, 1.165) is 37.9 Å². The summed E-state index contributed by atoms with van der Waals surface area (Å²) in [6.45, 7) is 6.53. The summed E-state index contributed by atoms with van der Waals surface area (Å²) in [5.74, 6) is 0.751. The molecule has 1 aromatic rings. The van der Waals surface area contributed by atoms with Gasteiger partial charge in [-0.05, 0) is 44.1 Å². The van der Waals surface area contributed by atoms with Crippen LogP contribution in [0.3, 0.4) is 0 Å². The van der Waals surface area contributed by atoms with Gasteiger partial charge in [0.05, 0.1) is 0 Å². The fourth-order valence-electron chi connectivity index (χ4n) is 3.83. The molecule has 5 heteroatoms. The van der Waals surface area contributed by atoms with E-state index in [9.17, 15) is 9.59 Å². The quantitative estimate of drug-likeness (QED) is 0.844. The molecule has 2 saturated heterocycles. The minimum atomic E-state index is -0.769. The van der Waals surface area contributed by atoms with Gasteiger partial charge in [0, 0.05) is 19.6 Å². The van der Waals surface area contributed by atoms with E-state index >= 15 is 0 Å². The Bertz CT molecular complexity index is 611. The molecule has 0 aliphatic carbocycles. The van der Waals surface area contributed by atoms with Crippen molar-refractivity contribution in [3.05, 3.63) is 35.9 Å². The van der Waals surface area contributed by atoms with E-state index in [2.05, 4.69) is 6.92 Å². The Morgan fingerprint density at radius 1 is 1.16 bits per heavy atom. The third-order valence-corrected chi connectivity index (χ3v) is 5.60. The van der Waals surface area contributed by atoms with Crippen molar-refractivity contribution >= 4 is 12.0 Å². The summed E-state index contributed by atoms with van der Waals surface area (Å²) < 4.78 is 5.48. The molecule has 3 rings (SSSR count). The number of hydrogen-bond acceptors (Lipinski definition) is 3. The van der Waals surface area contributed by atoms with Gasteiger partial charge in [0.15, 0.2) is 0 Å². The lowest BCUT2D eigenvalue weighted by Crippen LogP contribution is -2.57. The molecule has 0 saturated carbocycles. The Labute approximate surface area is 149 Å². The van der Waals surface area contributed by atoms with E-state index < -0.39 is 5.54 Å². The predicted octanol–water partition coefficient (Wildman–Crippen LogP) is 3.44. The molecular weight excluding hydrogens is 316 g/mol. The van der Waals surface area contributed by atoms with Gasteiger partial charge in [-0.15, -0.1) is 0 Å². The van der Waals surface area contributed by atoms with Gasteiger partial charge in [-0.25, -0.2) is 4.79 Å². The van der Waals surface area contributed by atoms with Crippen molar-refractivity contribution in [3.63, 3.8) is 0 Å². The standard InChI is InChI=1S/C20H28N2O3/c1-16-9-13-21(14-10-16)18(23)20(2)11-6-12-22(20)19(24)25-15-17-7-4-3-5-8-17/h3-5,7-8,16H,6,9-15H2,1-2H3. The highest BCUT2D eigenvalue weighted by Crippen LogP contribution is 2.33. The van der Waals surface area contributed by atoms with Crippen LogP contribution in [-0.2, 0) is 16.1 Å². The Kier molecular flexibility index (Phi) is 5.30. The van der Waals surface area contributed by atoms with Crippen molar-refractivity contribution in [1.82, 2.24) is 9.80 Å². The van der Waals surface area contributed by atoms with Crippen LogP contribution >= 0.6 is 0 Å². The van der Waals surface area contributed by atoms with Crippen LogP contribution in [0.15, 0.2) is 30.3 Å². The van der Waals surface area contributed by atoms with Crippen LogP contribution in [0.1, 0.15) is 45.1 Å². The van der Waals surface area contributed by atoms with E-state index in [4.69, 9.17) is 4.74 Å². The van der Waals surface area contributed by atoms with E-state index in [1.165, 1.54) is 0 Å². The molecule has 0 N–H and O–H groups in total. The molecule has 0 aromatic heterocycles. The average molecular weight is 344 g/mol. The first kappa shape index (κ1) is 17.8. The van der Waals surface area contributed by atoms with Gasteiger partial charge in [-0.1, -0.05) is 37.3 Å². The lowest BCUT2D eigenvalue weighted by atomic mass is 9.93. The Morgan fingerprint density at radius 2 is 1.84 bits per heavy atom. The summed E-state index contributed by atoms with van der Waals surface area (Å²) in [5.41, 5.74) is 0.182. The summed E-state index contributed by atoms with van der Waals surface area (Å²) in [6, 6.07) is 9.63. The number of rotatable bonds is 3. The number of carbonyl (C=O) groups is 2. The first-order valence-electron chi connectivity index (χ1n) is 9.28. The van der Waals surface area contributed by atoms with Crippen molar-refractivity contribution in [2.45, 2.75) is 51.7 Å². The monoisotopic (exact) mass is 344 g/mol. The maximum Gasteiger partial charge on any atom is 0.410 e. The van der Waals surface area contributed by atoms with E-state index in [1.807, 2.05) is 42.2 Å². The smallest absolute Gasteiger partial charge is 0.410 e. The number of amides is 2. The third kappa shape index (κ3) is 3.80. The highest BCUT2D eigenvalue weighted by molar-refractivity contribution is 5.90. The lowest BCUT2D eigenvalue weighted by Gasteiger charge is -2.40. The molecule has 1 atom stereocenters. The van der Waals surface area contributed by atoms with Gasteiger partial charge in [-0.3, -0.25) is 9.69 Å². The van der Waals surface area contributed by atoms with Gasteiger partial charge in [0.2, 0.25) is 5.91 Å². The lowest BCUT2D eigenvalue weighted by molar-refractivity contribution is -0.142. The highest BCUT2D eigenvalue weighted by atomic mass is 16.6. The number of likely N-dealkylation sites (tertiary alicyclic amines) is 2. The van der Waals surface area contributed by atoms with Gasteiger partial charge in [0.25, 0.3) is 0 Å². The predicted molar refractivity (Wildman–Crippen MR) is 96.0 cm³/mol. The minimum absolute atomic E-state index is 0.0774. The van der Waals surface area contributed by atoms with Gasteiger partial charge >= 0.3 is 6.09 Å². The normalized spacial score (nSPS) is 24.4. The van der Waals surface area contributed by atoms with Crippen LogP contribution in [0.5, 0.6) is 0 Å². The van der Waals surface area contributed by atoms with Crippen molar-refractivity contribution in [1.29, 1.82) is 0 Å². The number of benzene rings is 1. The van der Waals surface area contributed by atoms with Crippen molar-refractivity contribution < 1.29 is 14.3 Å².